The Morgan fingerprint density at radius 1 is 0.913 bits per heavy atom. The molecule has 0 saturated carbocycles. The topological polar surface area (TPSA) is 120 Å². The van der Waals surface area contributed by atoms with Crippen LogP contribution in [-0.2, 0) is 16.1 Å². The molecule has 10 heteroatoms. The lowest BCUT2D eigenvalue weighted by Crippen LogP contribution is -2.44. The zero-order valence-electron chi connectivity index (χ0n) is 27.3. The summed E-state index contributed by atoms with van der Waals surface area (Å²) in [6, 6.07) is 17.4. The SMILES string of the molecule is COCc1cc(C(=O)Nc2ccc(C)cc2OCCCCCC(=O)N2CCC(N(C)C)CC2)ccc1NC(=O)c1ccccc1O. The van der Waals surface area contributed by atoms with Crippen LogP contribution in [0, 0.1) is 6.92 Å². The van der Waals surface area contributed by atoms with E-state index in [-0.39, 0.29) is 29.7 Å². The van der Waals surface area contributed by atoms with Crippen LogP contribution in [0.2, 0.25) is 0 Å². The minimum atomic E-state index is -0.471. The number of benzene rings is 3. The molecule has 1 saturated heterocycles. The van der Waals surface area contributed by atoms with E-state index in [1.807, 2.05) is 30.0 Å². The molecule has 3 amide bonds. The zero-order chi connectivity index (χ0) is 33.1. The maximum absolute atomic E-state index is 13.3. The van der Waals surface area contributed by atoms with Crippen molar-refractivity contribution in [3.8, 4) is 11.5 Å². The quantitative estimate of drug-likeness (QED) is 0.191. The minimum absolute atomic E-state index is 0.123. The Morgan fingerprint density at radius 3 is 2.35 bits per heavy atom. The molecule has 1 aliphatic heterocycles. The fourth-order valence-corrected chi connectivity index (χ4v) is 5.56. The van der Waals surface area contributed by atoms with E-state index in [2.05, 4.69) is 29.6 Å². The first-order valence-corrected chi connectivity index (χ1v) is 15.9. The van der Waals surface area contributed by atoms with Gasteiger partial charge in [0.1, 0.15) is 11.5 Å². The van der Waals surface area contributed by atoms with Gasteiger partial charge < -0.3 is 35.0 Å². The van der Waals surface area contributed by atoms with Gasteiger partial charge in [0, 0.05) is 49.5 Å². The number of nitrogens with zero attached hydrogens (tertiary/aromatic N) is 2. The maximum atomic E-state index is 13.3. The van der Waals surface area contributed by atoms with Crippen molar-refractivity contribution in [2.45, 2.75) is 58.1 Å². The number of methoxy groups -OCH3 is 1. The minimum Gasteiger partial charge on any atom is -0.507 e. The molecule has 1 fully saturated rings. The number of aryl methyl sites for hydroxylation is 1. The average Bonchev–Trinajstić information content (AvgIpc) is 3.04. The summed E-state index contributed by atoms with van der Waals surface area (Å²) < 4.78 is 11.4. The second-order valence-electron chi connectivity index (χ2n) is 12.0. The summed E-state index contributed by atoms with van der Waals surface area (Å²) in [7, 11) is 5.73. The Balaban J connectivity index is 1.29. The number of hydrogen-bond acceptors (Lipinski definition) is 7. The first-order chi connectivity index (χ1) is 22.2. The molecule has 246 valence electrons. The predicted molar refractivity (Wildman–Crippen MR) is 180 cm³/mol. The number of phenolic OH excluding ortho intramolecular Hbond substituents is 1. The number of likely N-dealkylation sites (tertiary alicyclic amines) is 1. The molecular formula is C36H46N4O6. The largest absolute Gasteiger partial charge is 0.507 e. The predicted octanol–water partition coefficient (Wildman–Crippen LogP) is 5.84. The van der Waals surface area contributed by atoms with Crippen LogP contribution in [0.1, 0.15) is 70.4 Å². The molecule has 10 nitrogen and oxygen atoms in total. The molecule has 0 spiro atoms. The number of rotatable bonds is 14. The van der Waals surface area contributed by atoms with Crippen molar-refractivity contribution in [2.75, 3.05) is 51.5 Å². The van der Waals surface area contributed by atoms with Gasteiger partial charge in [-0.05, 0) is 101 Å². The third-order valence-corrected chi connectivity index (χ3v) is 8.29. The Morgan fingerprint density at radius 2 is 1.63 bits per heavy atom. The van der Waals surface area contributed by atoms with E-state index in [4.69, 9.17) is 9.47 Å². The highest BCUT2D eigenvalue weighted by Crippen LogP contribution is 2.28. The maximum Gasteiger partial charge on any atom is 0.259 e. The van der Waals surface area contributed by atoms with Crippen LogP contribution in [-0.4, -0.2) is 79.6 Å². The summed E-state index contributed by atoms with van der Waals surface area (Å²) in [6.45, 7) is 4.26. The molecule has 0 radical (unpaired) electrons. The molecule has 0 aliphatic carbocycles. The molecular weight excluding hydrogens is 584 g/mol. The molecule has 3 aromatic rings. The third kappa shape index (κ3) is 9.55. The summed E-state index contributed by atoms with van der Waals surface area (Å²) in [5, 5.41) is 15.8. The first-order valence-electron chi connectivity index (χ1n) is 15.9. The van der Waals surface area contributed by atoms with Crippen LogP contribution in [0.4, 0.5) is 11.4 Å². The van der Waals surface area contributed by atoms with E-state index in [9.17, 15) is 19.5 Å². The lowest BCUT2D eigenvalue weighted by molar-refractivity contribution is -0.132. The van der Waals surface area contributed by atoms with E-state index < -0.39 is 5.91 Å². The molecule has 0 unspecified atom stereocenters. The smallest absolute Gasteiger partial charge is 0.259 e. The van der Waals surface area contributed by atoms with Gasteiger partial charge in [-0.25, -0.2) is 0 Å². The van der Waals surface area contributed by atoms with E-state index >= 15 is 0 Å². The lowest BCUT2D eigenvalue weighted by atomic mass is 10.0. The highest BCUT2D eigenvalue weighted by atomic mass is 16.5. The van der Waals surface area contributed by atoms with Gasteiger partial charge in [0.15, 0.2) is 0 Å². The molecule has 3 aromatic carbocycles. The molecule has 0 aromatic heterocycles. The van der Waals surface area contributed by atoms with Crippen LogP contribution in [0.15, 0.2) is 60.7 Å². The fourth-order valence-electron chi connectivity index (χ4n) is 5.56. The summed E-state index contributed by atoms with van der Waals surface area (Å²) in [5.41, 5.74) is 3.16. The second-order valence-corrected chi connectivity index (χ2v) is 12.0. The lowest BCUT2D eigenvalue weighted by Gasteiger charge is -2.35. The van der Waals surface area contributed by atoms with Crippen molar-refractivity contribution in [1.82, 2.24) is 9.80 Å². The highest BCUT2D eigenvalue weighted by Gasteiger charge is 2.23. The number of aromatic hydroxyl groups is 1. The van der Waals surface area contributed by atoms with Gasteiger partial charge in [0.05, 0.1) is 24.5 Å². The van der Waals surface area contributed by atoms with Gasteiger partial charge in [-0.15, -0.1) is 0 Å². The van der Waals surface area contributed by atoms with Crippen LogP contribution in [0.5, 0.6) is 11.5 Å². The molecule has 3 N–H and O–H groups in total. The molecule has 0 atom stereocenters. The number of nitrogens with one attached hydrogen (secondary N) is 2. The first kappa shape index (κ1) is 34.5. The summed E-state index contributed by atoms with van der Waals surface area (Å²) in [6.07, 6.45) is 5.11. The monoisotopic (exact) mass is 630 g/mol. The van der Waals surface area contributed by atoms with E-state index in [0.717, 1.165) is 50.8 Å². The molecule has 1 heterocycles. The molecule has 46 heavy (non-hydrogen) atoms. The summed E-state index contributed by atoms with van der Waals surface area (Å²) in [4.78, 5) is 42.9. The van der Waals surface area contributed by atoms with Gasteiger partial charge in [0.25, 0.3) is 11.8 Å². The Labute approximate surface area is 271 Å². The van der Waals surface area contributed by atoms with Gasteiger partial charge >= 0.3 is 0 Å². The van der Waals surface area contributed by atoms with E-state index in [0.29, 0.717) is 47.3 Å². The van der Waals surface area contributed by atoms with Crippen LogP contribution >= 0.6 is 0 Å². The summed E-state index contributed by atoms with van der Waals surface area (Å²) in [5.74, 6) is -0.112. The number of carbonyl (C=O) groups is 3. The molecule has 4 rings (SSSR count). The van der Waals surface area contributed by atoms with Crippen molar-refractivity contribution in [1.29, 1.82) is 0 Å². The fraction of sp³-hybridized carbons (Fsp3) is 0.417. The van der Waals surface area contributed by atoms with Gasteiger partial charge in [-0.2, -0.15) is 0 Å². The number of unbranched alkanes of at least 4 members (excludes halogenated alkanes) is 2. The van der Waals surface area contributed by atoms with Crippen molar-refractivity contribution >= 4 is 29.1 Å². The number of amides is 3. The number of hydrogen-bond donors (Lipinski definition) is 3. The Hall–Kier alpha value is -4.41. The second kappa shape index (κ2) is 16.8. The van der Waals surface area contributed by atoms with Gasteiger partial charge in [0.2, 0.25) is 5.91 Å². The third-order valence-electron chi connectivity index (χ3n) is 8.29. The van der Waals surface area contributed by atoms with Crippen LogP contribution in [0.25, 0.3) is 0 Å². The number of ether oxygens (including phenoxy) is 2. The molecule has 1 aliphatic rings. The Kier molecular flexibility index (Phi) is 12.6. The van der Waals surface area contributed by atoms with Gasteiger partial charge in [-0.3, -0.25) is 14.4 Å². The highest BCUT2D eigenvalue weighted by molar-refractivity contribution is 6.08. The number of anilines is 2. The standard InChI is InChI=1S/C36H46N4O6/c1-25-13-15-31(33(22-25)46-21-9-5-6-12-34(42)40-19-17-28(18-20-40)39(2)3)38-35(43)26-14-16-30(27(23-26)24-45-4)37-36(44)29-10-7-8-11-32(29)41/h7-8,10-11,13-16,22-23,28,41H,5-6,9,12,17-21,24H2,1-4H3,(H,37,44)(H,38,43). The molecule has 0 bridgehead atoms. The summed E-state index contributed by atoms with van der Waals surface area (Å²) >= 11 is 0. The van der Waals surface area contributed by atoms with Gasteiger partial charge in [-0.1, -0.05) is 18.2 Å². The number of carbonyl (C=O) groups excluding carboxylic acids is 3. The van der Waals surface area contributed by atoms with E-state index in [1.54, 1.807) is 30.3 Å². The van der Waals surface area contributed by atoms with Crippen molar-refractivity contribution in [2.24, 2.45) is 0 Å². The Bertz CT molecular complexity index is 1500. The number of piperidine rings is 1. The average molecular weight is 631 g/mol. The van der Waals surface area contributed by atoms with Crippen molar-refractivity contribution in [3.05, 3.63) is 82.9 Å². The normalized spacial score (nSPS) is 13.5. The van der Waals surface area contributed by atoms with Crippen molar-refractivity contribution < 1.29 is 29.0 Å². The number of phenols is 1. The van der Waals surface area contributed by atoms with Crippen LogP contribution in [0.3, 0.4) is 0 Å². The van der Waals surface area contributed by atoms with Crippen LogP contribution < -0.4 is 15.4 Å². The van der Waals surface area contributed by atoms with E-state index in [1.165, 1.54) is 19.2 Å². The number of para-hydroxylation sites is 1. The zero-order valence-corrected chi connectivity index (χ0v) is 27.3. The van der Waals surface area contributed by atoms with Crippen molar-refractivity contribution in [3.63, 3.8) is 0 Å².